The Kier molecular flexibility index (Phi) is 8.26. The average Bonchev–Trinajstić information content (AvgIpc) is 2.73. The van der Waals surface area contributed by atoms with E-state index < -0.39 is 0 Å². The summed E-state index contributed by atoms with van der Waals surface area (Å²) < 4.78 is 5.23. The fourth-order valence-electron chi connectivity index (χ4n) is 3.50. The Morgan fingerprint density at radius 3 is 2.45 bits per heavy atom. The SMILES string of the molecule is COc1ccc(-c2cc(C(=O)NC3CCNCC3)c3ccccc3n2)cc1.Cl.Cl. The van der Waals surface area contributed by atoms with Crippen molar-refractivity contribution in [1.82, 2.24) is 15.6 Å². The highest BCUT2D eigenvalue weighted by Crippen LogP contribution is 2.26. The number of amides is 1. The number of carbonyl (C=O) groups is 1. The summed E-state index contributed by atoms with van der Waals surface area (Å²) in [5.74, 6) is 0.763. The Morgan fingerprint density at radius 1 is 1.07 bits per heavy atom. The molecule has 1 aliphatic heterocycles. The number of hydrogen-bond donors (Lipinski definition) is 2. The van der Waals surface area contributed by atoms with E-state index in [0.29, 0.717) is 5.56 Å². The van der Waals surface area contributed by atoms with Crippen molar-refractivity contribution in [3.8, 4) is 17.0 Å². The molecule has 1 aliphatic rings. The molecule has 1 aromatic heterocycles. The lowest BCUT2D eigenvalue weighted by Gasteiger charge is -2.24. The molecule has 0 atom stereocenters. The molecule has 0 saturated carbocycles. The first-order chi connectivity index (χ1) is 13.2. The number of rotatable bonds is 4. The van der Waals surface area contributed by atoms with Gasteiger partial charge in [0.1, 0.15) is 5.75 Å². The Hall–Kier alpha value is -2.34. The van der Waals surface area contributed by atoms with E-state index in [1.54, 1.807) is 7.11 Å². The number of nitrogens with one attached hydrogen (secondary N) is 2. The third-order valence-electron chi connectivity index (χ3n) is 5.02. The molecule has 154 valence electrons. The maximum absolute atomic E-state index is 13.0. The van der Waals surface area contributed by atoms with Crippen LogP contribution in [0.5, 0.6) is 5.75 Å². The van der Waals surface area contributed by atoms with Gasteiger partial charge in [-0.15, -0.1) is 24.8 Å². The largest absolute Gasteiger partial charge is 0.497 e. The second-order valence-electron chi connectivity index (χ2n) is 6.80. The molecular weight excluding hydrogens is 409 g/mol. The van der Waals surface area contributed by atoms with E-state index in [4.69, 9.17) is 9.72 Å². The fourth-order valence-corrected chi connectivity index (χ4v) is 3.50. The average molecular weight is 434 g/mol. The van der Waals surface area contributed by atoms with Gasteiger partial charge in [-0.1, -0.05) is 18.2 Å². The Labute approximate surface area is 183 Å². The highest BCUT2D eigenvalue weighted by atomic mass is 35.5. The van der Waals surface area contributed by atoms with Crippen molar-refractivity contribution in [2.45, 2.75) is 18.9 Å². The van der Waals surface area contributed by atoms with Crippen LogP contribution < -0.4 is 15.4 Å². The minimum Gasteiger partial charge on any atom is -0.497 e. The monoisotopic (exact) mass is 433 g/mol. The zero-order valence-electron chi connectivity index (χ0n) is 16.2. The summed E-state index contributed by atoms with van der Waals surface area (Å²) in [6, 6.07) is 17.6. The van der Waals surface area contributed by atoms with Gasteiger partial charge in [-0.25, -0.2) is 4.98 Å². The molecule has 0 bridgehead atoms. The van der Waals surface area contributed by atoms with Crippen LogP contribution in [0, 0.1) is 0 Å². The van der Waals surface area contributed by atoms with E-state index in [-0.39, 0.29) is 36.8 Å². The third kappa shape index (κ3) is 5.18. The van der Waals surface area contributed by atoms with Gasteiger partial charge in [-0.05, 0) is 62.3 Å². The van der Waals surface area contributed by atoms with Crippen molar-refractivity contribution in [1.29, 1.82) is 0 Å². The third-order valence-corrected chi connectivity index (χ3v) is 5.02. The number of aromatic nitrogens is 1. The highest BCUT2D eigenvalue weighted by molar-refractivity contribution is 6.07. The standard InChI is InChI=1S/C22H23N3O2.2ClH/c1-27-17-8-6-15(7-9-17)21-14-19(18-4-2-3-5-20(18)25-21)22(26)24-16-10-12-23-13-11-16;;/h2-9,14,16,23H,10-13H2,1H3,(H,24,26);2*1H. The van der Waals surface area contributed by atoms with Crippen LogP contribution >= 0.6 is 24.8 Å². The van der Waals surface area contributed by atoms with Gasteiger partial charge in [-0.3, -0.25) is 4.79 Å². The number of halogens is 2. The fraction of sp³-hybridized carbons (Fsp3) is 0.273. The maximum atomic E-state index is 13.0. The second kappa shape index (κ2) is 10.4. The Bertz CT molecular complexity index is 958. The quantitative estimate of drug-likeness (QED) is 0.645. The number of fused-ring (bicyclic) bond motifs is 1. The van der Waals surface area contributed by atoms with Crippen molar-refractivity contribution in [3.63, 3.8) is 0 Å². The van der Waals surface area contributed by atoms with Crippen LogP contribution in [-0.2, 0) is 0 Å². The molecule has 29 heavy (non-hydrogen) atoms. The Balaban J connectivity index is 0.00000150. The number of pyridine rings is 1. The van der Waals surface area contributed by atoms with Gasteiger partial charge in [0.2, 0.25) is 0 Å². The first-order valence-electron chi connectivity index (χ1n) is 9.30. The van der Waals surface area contributed by atoms with Crippen molar-refractivity contribution in [2.75, 3.05) is 20.2 Å². The molecule has 1 fully saturated rings. The van der Waals surface area contributed by atoms with Crippen molar-refractivity contribution in [3.05, 3.63) is 60.2 Å². The molecule has 7 heteroatoms. The summed E-state index contributed by atoms with van der Waals surface area (Å²) in [6.07, 6.45) is 1.92. The number of para-hydroxylation sites is 1. The first-order valence-corrected chi connectivity index (χ1v) is 9.30. The van der Waals surface area contributed by atoms with E-state index >= 15 is 0 Å². The Morgan fingerprint density at radius 2 is 1.76 bits per heavy atom. The summed E-state index contributed by atoms with van der Waals surface area (Å²) >= 11 is 0. The van der Waals surface area contributed by atoms with Gasteiger partial charge in [0, 0.05) is 17.0 Å². The predicted octanol–water partition coefficient (Wildman–Crippen LogP) is 4.24. The molecule has 5 nitrogen and oxygen atoms in total. The summed E-state index contributed by atoms with van der Waals surface area (Å²) in [5.41, 5.74) is 3.23. The number of nitrogens with zero attached hydrogens (tertiary/aromatic N) is 1. The normalized spacial score (nSPS) is 13.8. The number of hydrogen-bond acceptors (Lipinski definition) is 4. The van der Waals surface area contributed by atoms with Gasteiger partial charge in [-0.2, -0.15) is 0 Å². The molecular formula is C22H25Cl2N3O2. The van der Waals surface area contributed by atoms with E-state index in [1.807, 2.05) is 54.6 Å². The lowest BCUT2D eigenvalue weighted by Crippen LogP contribution is -2.42. The van der Waals surface area contributed by atoms with Gasteiger partial charge in [0.05, 0.1) is 23.9 Å². The van der Waals surface area contributed by atoms with Crippen LogP contribution in [0.4, 0.5) is 0 Å². The molecule has 0 unspecified atom stereocenters. The van der Waals surface area contributed by atoms with Crippen LogP contribution in [0.2, 0.25) is 0 Å². The van der Waals surface area contributed by atoms with Crippen molar-refractivity contribution >= 4 is 41.6 Å². The lowest BCUT2D eigenvalue weighted by atomic mass is 10.0. The first kappa shape index (κ1) is 22.9. The van der Waals surface area contributed by atoms with Gasteiger partial charge in [0.25, 0.3) is 5.91 Å². The molecule has 1 amide bonds. The van der Waals surface area contributed by atoms with Crippen LogP contribution in [0.25, 0.3) is 22.2 Å². The molecule has 0 aliphatic carbocycles. The van der Waals surface area contributed by atoms with Gasteiger partial charge < -0.3 is 15.4 Å². The van der Waals surface area contributed by atoms with Gasteiger partial charge in [0.15, 0.2) is 0 Å². The zero-order chi connectivity index (χ0) is 18.6. The predicted molar refractivity (Wildman–Crippen MR) is 122 cm³/mol. The number of piperidine rings is 1. The van der Waals surface area contributed by atoms with E-state index in [9.17, 15) is 4.79 Å². The summed E-state index contributed by atoms with van der Waals surface area (Å²) in [4.78, 5) is 17.8. The molecule has 1 saturated heterocycles. The minimum atomic E-state index is -0.0322. The molecule has 2 aromatic carbocycles. The van der Waals surface area contributed by atoms with Crippen LogP contribution in [0.15, 0.2) is 54.6 Å². The van der Waals surface area contributed by atoms with Crippen LogP contribution in [0.3, 0.4) is 0 Å². The van der Waals surface area contributed by atoms with Gasteiger partial charge >= 0.3 is 0 Å². The molecule has 2 N–H and O–H groups in total. The number of benzene rings is 2. The summed E-state index contributed by atoms with van der Waals surface area (Å²) in [7, 11) is 1.65. The van der Waals surface area contributed by atoms with E-state index in [0.717, 1.165) is 53.8 Å². The van der Waals surface area contributed by atoms with Crippen molar-refractivity contribution in [2.24, 2.45) is 0 Å². The second-order valence-corrected chi connectivity index (χ2v) is 6.80. The van der Waals surface area contributed by atoms with Crippen LogP contribution in [-0.4, -0.2) is 37.1 Å². The van der Waals surface area contributed by atoms with E-state index in [2.05, 4.69) is 10.6 Å². The molecule has 0 spiro atoms. The molecule has 3 aromatic rings. The zero-order valence-corrected chi connectivity index (χ0v) is 17.8. The summed E-state index contributed by atoms with van der Waals surface area (Å²) in [5, 5.41) is 7.40. The van der Waals surface area contributed by atoms with Crippen molar-refractivity contribution < 1.29 is 9.53 Å². The lowest BCUT2D eigenvalue weighted by molar-refractivity contribution is 0.0931. The number of methoxy groups -OCH3 is 1. The van der Waals surface area contributed by atoms with Crippen LogP contribution in [0.1, 0.15) is 23.2 Å². The smallest absolute Gasteiger partial charge is 0.252 e. The maximum Gasteiger partial charge on any atom is 0.252 e. The van der Waals surface area contributed by atoms with E-state index in [1.165, 1.54) is 0 Å². The molecule has 2 heterocycles. The highest BCUT2D eigenvalue weighted by Gasteiger charge is 2.19. The number of carbonyl (C=O) groups excluding carboxylic acids is 1. The molecule has 0 radical (unpaired) electrons. The summed E-state index contributed by atoms with van der Waals surface area (Å²) in [6.45, 7) is 1.89. The molecule has 4 rings (SSSR count). The number of ether oxygens (including phenoxy) is 1. The topological polar surface area (TPSA) is 63.2 Å². The minimum absolute atomic E-state index is 0.